The predicted molar refractivity (Wildman–Crippen MR) is 97.1 cm³/mol. The van der Waals surface area contributed by atoms with Crippen molar-refractivity contribution in [2.75, 3.05) is 26.3 Å². The van der Waals surface area contributed by atoms with Gasteiger partial charge in [-0.3, -0.25) is 14.3 Å². The maximum absolute atomic E-state index is 12.9. The van der Waals surface area contributed by atoms with Crippen molar-refractivity contribution >= 4 is 33.4 Å². The summed E-state index contributed by atoms with van der Waals surface area (Å²) >= 11 is 1.39. The van der Waals surface area contributed by atoms with Gasteiger partial charge in [0.2, 0.25) is 0 Å². The number of aryl methyl sites for hydroxylation is 2. The van der Waals surface area contributed by atoms with E-state index in [1.807, 2.05) is 27.0 Å². The zero-order valence-electron chi connectivity index (χ0n) is 15.1. The number of thiophene rings is 1. The lowest BCUT2D eigenvalue weighted by Crippen LogP contribution is -2.37. The van der Waals surface area contributed by atoms with Crippen LogP contribution in [0.3, 0.4) is 0 Å². The number of aromatic nitrogens is 2. The second-order valence-corrected chi connectivity index (χ2v) is 7.11. The number of carbonyl (C=O) groups is 2. The van der Waals surface area contributed by atoms with Gasteiger partial charge in [0, 0.05) is 38.7 Å². The number of ether oxygens (including phenoxy) is 1. The molecule has 2 heterocycles. The molecule has 0 aliphatic rings. The number of amides is 1. The van der Waals surface area contributed by atoms with Crippen LogP contribution in [0.15, 0.2) is 6.07 Å². The maximum Gasteiger partial charge on any atom is 0.308 e. The number of fused-ring (bicyclic) bond motifs is 1. The molecule has 2 aromatic heterocycles. The van der Waals surface area contributed by atoms with Crippen molar-refractivity contribution in [1.29, 1.82) is 0 Å². The Morgan fingerprint density at radius 3 is 2.80 bits per heavy atom. The van der Waals surface area contributed by atoms with E-state index in [9.17, 15) is 14.7 Å². The van der Waals surface area contributed by atoms with Crippen molar-refractivity contribution in [3.63, 3.8) is 0 Å². The third-order valence-corrected chi connectivity index (χ3v) is 5.22. The number of carboxylic acids is 1. The highest BCUT2D eigenvalue weighted by atomic mass is 32.1. The lowest BCUT2D eigenvalue weighted by atomic mass is 10.1. The van der Waals surface area contributed by atoms with Crippen molar-refractivity contribution in [2.24, 2.45) is 13.0 Å². The van der Waals surface area contributed by atoms with E-state index in [0.717, 1.165) is 15.9 Å². The summed E-state index contributed by atoms with van der Waals surface area (Å²) in [6, 6.07) is 1.85. The molecule has 8 heteroatoms. The zero-order valence-corrected chi connectivity index (χ0v) is 15.9. The first-order valence-corrected chi connectivity index (χ1v) is 9.19. The van der Waals surface area contributed by atoms with Gasteiger partial charge in [-0.15, -0.1) is 11.3 Å². The van der Waals surface area contributed by atoms with E-state index < -0.39 is 11.9 Å². The first-order chi connectivity index (χ1) is 11.8. The maximum atomic E-state index is 12.9. The van der Waals surface area contributed by atoms with Gasteiger partial charge in [-0.1, -0.05) is 6.92 Å². The van der Waals surface area contributed by atoms with Gasteiger partial charge in [0.05, 0.1) is 16.5 Å². The van der Waals surface area contributed by atoms with Crippen LogP contribution in [0.25, 0.3) is 10.2 Å². The Bertz CT molecular complexity index is 718. The smallest absolute Gasteiger partial charge is 0.308 e. The average Bonchev–Trinajstić information content (AvgIpc) is 3.11. The molecule has 25 heavy (non-hydrogen) atoms. The Balaban J connectivity index is 2.18. The predicted octanol–water partition coefficient (Wildman–Crippen LogP) is 2.53. The number of aliphatic carboxylic acids is 1. The van der Waals surface area contributed by atoms with Crippen LogP contribution in [0, 0.1) is 12.8 Å². The van der Waals surface area contributed by atoms with Gasteiger partial charge < -0.3 is 14.7 Å². The van der Waals surface area contributed by atoms with Gasteiger partial charge in [-0.2, -0.15) is 5.10 Å². The van der Waals surface area contributed by atoms with Gasteiger partial charge in [0.25, 0.3) is 5.91 Å². The molecule has 0 bridgehead atoms. The van der Waals surface area contributed by atoms with E-state index in [2.05, 4.69) is 5.10 Å². The summed E-state index contributed by atoms with van der Waals surface area (Å²) in [7, 11) is 1.85. The highest BCUT2D eigenvalue weighted by molar-refractivity contribution is 7.20. The number of hydrogen-bond donors (Lipinski definition) is 1. The molecule has 0 spiro atoms. The van der Waals surface area contributed by atoms with Gasteiger partial charge in [0.15, 0.2) is 0 Å². The molecule has 0 aliphatic heterocycles. The Morgan fingerprint density at radius 2 is 2.20 bits per heavy atom. The minimum Gasteiger partial charge on any atom is -0.481 e. The van der Waals surface area contributed by atoms with E-state index >= 15 is 0 Å². The van der Waals surface area contributed by atoms with E-state index in [1.165, 1.54) is 11.3 Å². The van der Waals surface area contributed by atoms with Crippen LogP contribution in [0.5, 0.6) is 0 Å². The third-order valence-electron chi connectivity index (χ3n) is 4.03. The molecule has 0 saturated carbocycles. The SMILES string of the molecule is CCOCCCN(CC(C)C(=O)O)C(=O)c1cc2c(C)nn(C)c2s1. The van der Waals surface area contributed by atoms with Crippen LogP contribution in [0.1, 0.15) is 35.6 Å². The number of carbonyl (C=O) groups excluding carboxylic acids is 1. The molecular weight excluding hydrogens is 342 g/mol. The third kappa shape index (κ3) is 4.58. The molecule has 1 atom stereocenters. The summed E-state index contributed by atoms with van der Waals surface area (Å²) in [5.74, 6) is -1.65. The highest BCUT2D eigenvalue weighted by Gasteiger charge is 2.24. The van der Waals surface area contributed by atoms with Crippen molar-refractivity contribution in [3.8, 4) is 0 Å². The summed E-state index contributed by atoms with van der Waals surface area (Å²) in [5.41, 5.74) is 0.884. The van der Waals surface area contributed by atoms with Crippen LogP contribution < -0.4 is 0 Å². The minimum absolute atomic E-state index is 0.134. The largest absolute Gasteiger partial charge is 0.481 e. The summed E-state index contributed by atoms with van der Waals surface area (Å²) < 4.78 is 7.09. The summed E-state index contributed by atoms with van der Waals surface area (Å²) in [6.07, 6.45) is 0.678. The van der Waals surface area contributed by atoms with Gasteiger partial charge in [-0.05, 0) is 26.3 Å². The second kappa shape index (κ2) is 8.44. The van der Waals surface area contributed by atoms with E-state index in [4.69, 9.17) is 4.74 Å². The Kier molecular flexibility index (Phi) is 6.55. The molecule has 1 unspecified atom stereocenters. The molecule has 0 fully saturated rings. The summed E-state index contributed by atoms with van der Waals surface area (Å²) in [5, 5.41) is 14.5. The quantitative estimate of drug-likeness (QED) is 0.689. The highest BCUT2D eigenvalue weighted by Crippen LogP contribution is 2.28. The Morgan fingerprint density at radius 1 is 1.48 bits per heavy atom. The summed E-state index contributed by atoms with van der Waals surface area (Å²) in [6.45, 7) is 7.29. The zero-order chi connectivity index (χ0) is 18.6. The average molecular weight is 367 g/mol. The lowest BCUT2D eigenvalue weighted by Gasteiger charge is -2.24. The van der Waals surface area contributed by atoms with Crippen LogP contribution in [0.4, 0.5) is 0 Å². The fourth-order valence-electron chi connectivity index (χ4n) is 2.65. The van der Waals surface area contributed by atoms with Gasteiger partial charge in [-0.25, -0.2) is 0 Å². The molecule has 7 nitrogen and oxygen atoms in total. The normalized spacial score (nSPS) is 12.5. The first kappa shape index (κ1) is 19.4. The van der Waals surface area contributed by atoms with Crippen LogP contribution in [-0.4, -0.2) is 58.0 Å². The van der Waals surface area contributed by atoms with Gasteiger partial charge in [0.1, 0.15) is 4.83 Å². The molecule has 0 radical (unpaired) electrons. The van der Waals surface area contributed by atoms with Crippen LogP contribution in [-0.2, 0) is 16.6 Å². The van der Waals surface area contributed by atoms with Crippen LogP contribution >= 0.6 is 11.3 Å². The molecule has 138 valence electrons. The number of carboxylic acid groups (broad SMARTS) is 1. The van der Waals surface area contributed by atoms with Crippen molar-refractivity contribution in [2.45, 2.75) is 27.2 Å². The number of hydrogen-bond acceptors (Lipinski definition) is 5. The molecule has 0 aliphatic carbocycles. The monoisotopic (exact) mass is 367 g/mol. The molecule has 0 saturated heterocycles. The topological polar surface area (TPSA) is 84.7 Å². The van der Waals surface area contributed by atoms with E-state index in [0.29, 0.717) is 31.1 Å². The fourth-order valence-corrected chi connectivity index (χ4v) is 3.74. The number of rotatable bonds is 9. The van der Waals surface area contributed by atoms with Crippen molar-refractivity contribution < 1.29 is 19.4 Å². The minimum atomic E-state index is -0.904. The van der Waals surface area contributed by atoms with Crippen LogP contribution in [0.2, 0.25) is 0 Å². The lowest BCUT2D eigenvalue weighted by molar-refractivity contribution is -0.141. The second-order valence-electron chi connectivity index (χ2n) is 6.08. The van der Waals surface area contributed by atoms with Crippen molar-refractivity contribution in [3.05, 3.63) is 16.6 Å². The first-order valence-electron chi connectivity index (χ1n) is 8.38. The standard InChI is InChI=1S/C17H25N3O4S/c1-5-24-8-6-7-20(10-11(2)17(22)23)15(21)14-9-13-12(3)18-19(4)16(13)25-14/h9,11H,5-8,10H2,1-4H3,(H,22,23). The molecule has 1 amide bonds. The summed E-state index contributed by atoms with van der Waals surface area (Å²) in [4.78, 5) is 27.3. The molecule has 2 aromatic rings. The number of nitrogens with zero attached hydrogens (tertiary/aromatic N) is 3. The molecule has 0 aromatic carbocycles. The fraction of sp³-hybridized carbons (Fsp3) is 0.588. The van der Waals surface area contributed by atoms with E-state index in [-0.39, 0.29) is 12.5 Å². The van der Waals surface area contributed by atoms with Gasteiger partial charge >= 0.3 is 5.97 Å². The molecule has 2 rings (SSSR count). The van der Waals surface area contributed by atoms with E-state index in [1.54, 1.807) is 16.5 Å². The Hall–Kier alpha value is -1.93. The molecular formula is C17H25N3O4S. The Labute approximate surface area is 151 Å². The van der Waals surface area contributed by atoms with Crippen molar-refractivity contribution in [1.82, 2.24) is 14.7 Å². The molecule has 1 N–H and O–H groups in total.